The molecule has 4 nitrogen and oxygen atoms in total. The van der Waals surface area contributed by atoms with E-state index in [4.69, 9.17) is 5.11 Å². The fourth-order valence-corrected chi connectivity index (χ4v) is 6.33. The second kappa shape index (κ2) is 6.59. The lowest BCUT2D eigenvalue weighted by atomic mass is 10.2. The molecule has 0 aromatic heterocycles. The van der Waals surface area contributed by atoms with E-state index in [1.165, 1.54) is 0 Å². The average molecular weight is 258 g/mol. The third-order valence-corrected chi connectivity index (χ3v) is 9.32. The highest BCUT2D eigenvalue weighted by molar-refractivity contribution is 6.90. The van der Waals surface area contributed by atoms with Gasteiger partial charge < -0.3 is 10.2 Å². The summed E-state index contributed by atoms with van der Waals surface area (Å²) in [5, 5.41) is 18.7. The fraction of sp³-hybridized carbons (Fsp3) is 0.667. The van der Waals surface area contributed by atoms with Crippen LogP contribution in [0.3, 0.4) is 0 Å². The Bertz CT molecular complexity index is 321. The molecule has 0 heterocycles. The molecule has 98 valence electrons. The maximum absolute atomic E-state index is 11.4. The van der Waals surface area contributed by atoms with E-state index in [9.17, 15) is 14.7 Å². The summed E-state index contributed by atoms with van der Waals surface area (Å²) in [6.45, 7) is 7.61. The lowest BCUT2D eigenvalue weighted by molar-refractivity contribution is -0.135. The van der Waals surface area contributed by atoms with Gasteiger partial charge in [0, 0.05) is 10.8 Å². The summed E-state index contributed by atoms with van der Waals surface area (Å²) in [5.74, 6) is -2.13. The Morgan fingerprint density at radius 2 is 1.29 bits per heavy atom. The van der Waals surface area contributed by atoms with E-state index in [1.54, 1.807) is 6.92 Å². The summed E-state index contributed by atoms with van der Waals surface area (Å²) in [5.41, 5.74) is 0.0923. The zero-order valence-corrected chi connectivity index (χ0v) is 12.0. The summed E-state index contributed by atoms with van der Waals surface area (Å²) >= 11 is 0. The van der Waals surface area contributed by atoms with Crippen LogP contribution in [0.25, 0.3) is 0 Å². The second-order valence-electron chi connectivity index (χ2n) is 4.16. The number of hydrogen-bond donors (Lipinski definition) is 2. The molecule has 0 saturated heterocycles. The normalized spacial score (nSPS) is 13.2. The molecule has 0 aliphatic carbocycles. The molecular formula is C12H22O4Si. The summed E-state index contributed by atoms with van der Waals surface area (Å²) in [7, 11) is -2.16. The van der Waals surface area contributed by atoms with Crippen molar-refractivity contribution >= 4 is 20.0 Å². The highest BCUT2D eigenvalue weighted by atomic mass is 28.3. The molecule has 0 radical (unpaired) electrons. The van der Waals surface area contributed by atoms with E-state index in [0.29, 0.717) is 0 Å². The summed E-state index contributed by atoms with van der Waals surface area (Å²) in [4.78, 5) is 22.6. The highest BCUT2D eigenvalue weighted by Crippen LogP contribution is 2.32. The van der Waals surface area contributed by atoms with Crippen molar-refractivity contribution in [1.29, 1.82) is 0 Å². The molecule has 0 aliphatic heterocycles. The van der Waals surface area contributed by atoms with Gasteiger partial charge in [-0.25, -0.2) is 9.59 Å². The van der Waals surface area contributed by atoms with Gasteiger partial charge in [0.25, 0.3) is 0 Å². The third-order valence-electron chi connectivity index (χ3n) is 3.69. The Morgan fingerprint density at radius 1 is 0.882 bits per heavy atom. The van der Waals surface area contributed by atoms with E-state index in [-0.39, 0.29) is 17.2 Å². The molecule has 0 unspecified atom stereocenters. The smallest absolute Gasteiger partial charge is 0.331 e. The van der Waals surface area contributed by atoms with Gasteiger partial charge in [0.1, 0.15) is 0 Å². The van der Waals surface area contributed by atoms with Crippen LogP contribution in [0.15, 0.2) is 10.8 Å². The fourth-order valence-electron chi connectivity index (χ4n) is 2.39. The lowest BCUT2D eigenvalue weighted by Gasteiger charge is -2.30. The van der Waals surface area contributed by atoms with Crippen molar-refractivity contribution in [1.82, 2.24) is 0 Å². The minimum absolute atomic E-state index is 0.0923. The standard InChI is InChI=1S/C12H22O4Si/c1-5-9(11(13)14)10(12(15)16)17(6-2,7-3)8-4/h5-8H2,1-4H3,(H,13,14)(H,15,16)/b10-9-. The Kier molecular flexibility index (Phi) is 6.16. The van der Waals surface area contributed by atoms with E-state index < -0.39 is 20.0 Å². The molecule has 0 aromatic rings. The lowest BCUT2D eigenvalue weighted by Crippen LogP contribution is -2.40. The zero-order valence-electron chi connectivity index (χ0n) is 11.0. The quantitative estimate of drug-likeness (QED) is 0.544. The van der Waals surface area contributed by atoms with Crippen LogP contribution in [0.1, 0.15) is 34.1 Å². The third kappa shape index (κ3) is 3.18. The Hall–Kier alpha value is -1.10. The van der Waals surface area contributed by atoms with E-state index in [1.807, 2.05) is 20.8 Å². The monoisotopic (exact) mass is 258 g/mol. The van der Waals surface area contributed by atoms with Crippen LogP contribution in [-0.2, 0) is 9.59 Å². The van der Waals surface area contributed by atoms with Crippen LogP contribution in [0.2, 0.25) is 18.1 Å². The predicted octanol–water partition coefficient (Wildman–Crippen LogP) is 2.91. The maximum Gasteiger partial charge on any atom is 0.331 e. The molecular weight excluding hydrogens is 236 g/mol. The summed E-state index contributed by atoms with van der Waals surface area (Å²) in [6, 6.07) is 2.33. The van der Waals surface area contributed by atoms with Gasteiger partial charge in [-0.15, -0.1) is 0 Å². The molecule has 0 atom stereocenters. The minimum atomic E-state index is -2.16. The molecule has 0 fully saturated rings. The van der Waals surface area contributed by atoms with Crippen molar-refractivity contribution in [3.05, 3.63) is 10.8 Å². The van der Waals surface area contributed by atoms with Crippen molar-refractivity contribution in [2.24, 2.45) is 0 Å². The van der Waals surface area contributed by atoms with Gasteiger partial charge in [-0.05, 0) is 6.42 Å². The van der Waals surface area contributed by atoms with Gasteiger partial charge in [-0.2, -0.15) is 0 Å². The molecule has 0 spiro atoms. The van der Waals surface area contributed by atoms with Gasteiger partial charge in [-0.3, -0.25) is 0 Å². The van der Waals surface area contributed by atoms with Crippen molar-refractivity contribution in [2.45, 2.75) is 52.2 Å². The maximum atomic E-state index is 11.4. The van der Waals surface area contributed by atoms with E-state index in [2.05, 4.69) is 0 Å². The minimum Gasteiger partial charge on any atom is -0.478 e. The molecule has 0 amide bonds. The SMILES string of the molecule is CC/C(C(=O)O)=C(\C(=O)O)[Si](CC)(CC)CC. The molecule has 0 aliphatic rings. The largest absolute Gasteiger partial charge is 0.478 e. The van der Waals surface area contributed by atoms with Crippen molar-refractivity contribution in [3.63, 3.8) is 0 Å². The summed E-state index contributed by atoms with van der Waals surface area (Å²) < 4.78 is 0. The number of carboxylic acid groups (broad SMARTS) is 2. The second-order valence-corrected chi connectivity index (χ2v) is 9.34. The Labute approximate surface area is 103 Å². The molecule has 0 saturated carbocycles. The van der Waals surface area contributed by atoms with Gasteiger partial charge in [0.15, 0.2) is 0 Å². The van der Waals surface area contributed by atoms with Crippen LogP contribution in [0.5, 0.6) is 0 Å². The van der Waals surface area contributed by atoms with Gasteiger partial charge in [0.2, 0.25) is 0 Å². The number of rotatable bonds is 7. The first kappa shape index (κ1) is 15.9. The van der Waals surface area contributed by atoms with E-state index >= 15 is 0 Å². The van der Waals surface area contributed by atoms with E-state index in [0.717, 1.165) is 18.1 Å². The van der Waals surface area contributed by atoms with Crippen LogP contribution in [-0.4, -0.2) is 30.2 Å². The molecule has 2 N–H and O–H groups in total. The van der Waals surface area contributed by atoms with Gasteiger partial charge in [-0.1, -0.05) is 45.8 Å². The first-order valence-electron chi connectivity index (χ1n) is 6.10. The average Bonchev–Trinajstić information content (AvgIpc) is 2.29. The molecule has 5 heteroatoms. The zero-order chi connectivity index (χ0) is 13.6. The van der Waals surface area contributed by atoms with Crippen LogP contribution in [0.4, 0.5) is 0 Å². The van der Waals surface area contributed by atoms with Crippen LogP contribution >= 0.6 is 0 Å². The number of aliphatic carboxylic acids is 2. The molecule has 0 bridgehead atoms. The van der Waals surface area contributed by atoms with Crippen LogP contribution < -0.4 is 0 Å². The topological polar surface area (TPSA) is 74.6 Å². The number of hydrogen-bond acceptors (Lipinski definition) is 2. The molecule has 17 heavy (non-hydrogen) atoms. The first-order valence-corrected chi connectivity index (χ1v) is 8.72. The molecule has 0 aromatic carbocycles. The van der Waals surface area contributed by atoms with Crippen LogP contribution in [0, 0.1) is 0 Å². The predicted molar refractivity (Wildman–Crippen MR) is 69.8 cm³/mol. The Balaban J connectivity index is 5.96. The van der Waals surface area contributed by atoms with Crippen molar-refractivity contribution < 1.29 is 19.8 Å². The first-order chi connectivity index (χ1) is 7.90. The van der Waals surface area contributed by atoms with Gasteiger partial charge in [0.05, 0.1) is 8.07 Å². The molecule has 0 rings (SSSR count). The van der Waals surface area contributed by atoms with Crippen molar-refractivity contribution in [2.75, 3.05) is 0 Å². The van der Waals surface area contributed by atoms with Gasteiger partial charge >= 0.3 is 11.9 Å². The Morgan fingerprint density at radius 3 is 1.47 bits per heavy atom. The number of carbonyl (C=O) groups is 2. The number of carboxylic acids is 2. The van der Waals surface area contributed by atoms with Crippen molar-refractivity contribution in [3.8, 4) is 0 Å². The summed E-state index contributed by atoms with van der Waals surface area (Å²) in [6.07, 6.45) is 0.270. The highest BCUT2D eigenvalue weighted by Gasteiger charge is 2.39.